The summed E-state index contributed by atoms with van der Waals surface area (Å²) in [6.45, 7) is 1.93. The third-order valence-electron chi connectivity index (χ3n) is 2.58. The highest BCUT2D eigenvalue weighted by Gasteiger charge is 2.10. The summed E-state index contributed by atoms with van der Waals surface area (Å²) in [6.07, 6.45) is 0.526. The van der Waals surface area contributed by atoms with Crippen molar-refractivity contribution in [2.75, 3.05) is 0 Å². The Bertz CT molecular complexity index is 559. The fraction of sp³-hybridized carbons (Fsp3) is 0.0714. The van der Waals surface area contributed by atoms with Crippen molar-refractivity contribution in [3.05, 3.63) is 59.2 Å². The Hall–Kier alpha value is -2.03. The van der Waals surface area contributed by atoms with Crippen LogP contribution < -0.4 is 0 Å². The van der Waals surface area contributed by atoms with E-state index in [1.165, 1.54) is 0 Å². The molecule has 3 heteroatoms. The normalized spacial score (nSPS) is 10.3. The number of carbonyl (C=O) groups is 1. The summed E-state index contributed by atoms with van der Waals surface area (Å²) in [5, 5.41) is 0. The van der Waals surface area contributed by atoms with Crippen LogP contribution in [-0.4, -0.2) is 6.29 Å². The first-order chi connectivity index (χ1) is 8.11. The Balaban J connectivity index is 2.61. The van der Waals surface area contributed by atoms with Crippen LogP contribution in [0.4, 0.5) is 8.78 Å². The molecule has 2 rings (SSSR count). The number of aldehydes is 1. The molecule has 0 aliphatic heterocycles. The number of benzene rings is 2. The van der Waals surface area contributed by atoms with Crippen molar-refractivity contribution in [2.45, 2.75) is 6.92 Å². The average Bonchev–Trinajstić information content (AvgIpc) is 2.33. The first-order valence-corrected chi connectivity index (χ1v) is 5.13. The van der Waals surface area contributed by atoms with Crippen molar-refractivity contribution in [1.82, 2.24) is 0 Å². The van der Waals surface area contributed by atoms with Crippen molar-refractivity contribution in [2.24, 2.45) is 0 Å². The number of hydrogen-bond acceptors (Lipinski definition) is 1. The summed E-state index contributed by atoms with van der Waals surface area (Å²) in [4.78, 5) is 10.8. The summed E-state index contributed by atoms with van der Waals surface area (Å²) in [6, 6.07) is 9.21. The summed E-state index contributed by atoms with van der Waals surface area (Å²) in [5.74, 6) is -1.96. The van der Waals surface area contributed by atoms with Gasteiger partial charge in [-0.3, -0.25) is 4.79 Å². The SMILES string of the molecule is Cc1ccc(-c2cc(F)c(F)cc2C=O)cc1. The van der Waals surface area contributed by atoms with Gasteiger partial charge in [0, 0.05) is 5.56 Å². The Morgan fingerprint density at radius 3 is 2.18 bits per heavy atom. The van der Waals surface area contributed by atoms with Crippen LogP contribution in [0, 0.1) is 18.6 Å². The number of aryl methyl sites for hydroxylation is 1. The second-order valence-electron chi connectivity index (χ2n) is 3.84. The van der Waals surface area contributed by atoms with Crippen LogP contribution in [0.2, 0.25) is 0 Å². The average molecular weight is 232 g/mol. The summed E-state index contributed by atoms with van der Waals surface area (Å²) in [5.41, 5.74) is 2.30. The third kappa shape index (κ3) is 2.23. The van der Waals surface area contributed by atoms with Gasteiger partial charge in [-0.1, -0.05) is 29.8 Å². The van der Waals surface area contributed by atoms with Gasteiger partial charge < -0.3 is 0 Å². The molecular weight excluding hydrogens is 222 g/mol. The van der Waals surface area contributed by atoms with E-state index in [0.717, 1.165) is 17.7 Å². The van der Waals surface area contributed by atoms with Crippen LogP contribution in [0.3, 0.4) is 0 Å². The molecule has 0 saturated heterocycles. The standard InChI is InChI=1S/C14H10F2O/c1-9-2-4-10(5-3-9)12-7-14(16)13(15)6-11(12)8-17/h2-8H,1H3. The maximum absolute atomic E-state index is 13.2. The largest absolute Gasteiger partial charge is 0.298 e. The van der Waals surface area contributed by atoms with E-state index < -0.39 is 11.6 Å². The molecule has 0 radical (unpaired) electrons. The van der Waals surface area contributed by atoms with Crippen LogP contribution >= 0.6 is 0 Å². The van der Waals surface area contributed by atoms with Gasteiger partial charge in [-0.25, -0.2) is 8.78 Å². The fourth-order valence-electron chi connectivity index (χ4n) is 1.64. The van der Waals surface area contributed by atoms with E-state index in [0.29, 0.717) is 17.4 Å². The van der Waals surface area contributed by atoms with E-state index in [4.69, 9.17) is 0 Å². The first-order valence-electron chi connectivity index (χ1n) is 5.13. The van der Waals surface area contributed by atoms with E-state index >= 15 is 0 Å². The highest BCUT2D eigenvalue weighted by atomic mass is 19.2. The fourth-order valence-corrected chi connectivity index (χ4v) is 1.64. The maximum Gasteiger partial charge on any atom is 0.159 e. The molecule has 0 aliphatic rings. The zero-order valence-corrected chi connectivity index (χ0v) is 9.21. The van der Waals surface area contributed by atoms with Gasteiger partial charge in [0.25, 0.3) is 0 Å². The molecule has 0 aromatic heterocycles. The van der Waals surface area contributed by atoms with E-state index in [9.17, 15) is 13.6 Å². The van der Waals surface area contributed by atoms with Gasteiger partial charge in [-0.15, -0.1) is 0 Å². The van der Waals surface area contributed by atoms with Crippen molar-refractivity contribution in [1.29, 1.82) is 0 Å². The van der Waals surface area contributed by atoms with E-state index in [1.54, 1.807) is 12.1 Å². The zero-order chi connectivity index (χ0) is 12.4. The Labute approximate surface area is 97.7 Å². The van der Waals surface area contributed by atoms with Gasteiger partial charge in [0.1, 0.15) is 0 Å². The van der Waals surface area contributed by atoms with Gasteiger partial charge >= 0.3 is 0 Å². The molecule has 0 fully saturated rings. The predicted molar refractivity (Wildman–Crippen MR) is 61.9 cm³/mol. The molecule has 2 aromatic carbocycles. The lowest BCUT2D eigenvalue weighted by Gasteiger charge is -2.06. The van der Waals surface area contributed by atoms with Gasteiger partial charge in [0.05, 0.1) is 0 Å². The smallest absolute Gasteiger partial charge is 0.159 e. The molecule has 17 heavy (non-hydrogen) atoms. The van der Waals surface area contributed by atoms with Crippen LogP contribution in [0.15, 0.2) is 36.4 Å². The molecule has 0 spiro atoms. The molecular formula is C14H10F2O. The predicted octanol–water partition coefficient (Wildman–Crippen LogP) is 3.75. The van der Waals surface area contributed by atoms with Gasteiger partial charge in [-0.2, -0.15) is 0 Å². The minimum atomic E-state index is -1.01. The van der Waals surface area contributed by atoms with Crippen LogP contribution in [-0.2, 0) is 0 Å². The van der Waals surface area contributed by atoms with Crippen LogP contribution in [0.25, 0.3) is 11.1 Å². The molecule has 2 aromatic rings. The van der Waals surface area contributed by atoms with E-state index in [2.05, 4.69) is 0 Å². The van der Waals surface area contributed by atoms with Gasteiger partial charge in [-0.05, 0) is 30.2 Å². The molecule has 0 heterocycles. The molecule has 0 saturated carbocycles. The highest BCUT2D eigenvalue weighted by Crippen LogP contribution is 2.25. The van der Waals surface area contributed by atoms with Crippen molar-refractivity contribution in [3.63, 3.8) is 0 Å². The zero-order valence-electron chi connectivity index (χ0n) is 9.21. The summed E-state index contributed by atoms with van der Waals surface area (Å²) in [7, 11) is 0. The van der Waals surface area contributed by atoms with E-state index in [-0.39, 0.29) is 5.56 Å². The quantitative estimate of drug-likeness (QED) is 0.720. The highest BCUT2D eigenvalue weighted by molar-refractivity contribution is 5.87. The Morgan fingerprint density at radius 2 is 1.59 bits per heavy atom. The van der Waals surface area contributed by atoms with Crippen molar-refractivity contribution in [3.8, 4) is 11.1 Å². The number of rotatable bonds is 2. The van der Waals surface area contributed by atoms with Gasteiger partial charge in [0.15, 0.2) is 17.9 Å². The monoisotopic (exact) mass is 232 g/mol. The van der Waals surface area contributed by atoms with Crippen molar-refractivity contribution < 1.29 is 13.6 Å². The minimum absolute atomic E-state index is 0.146. The molecule has 0 aliphatic carbocycles. The number of carbonyl (C=O) groups excluding carboxylic acids is 1. The number of hydrogen-bond donors (Lipinski definition) is 0. The Kier molecular flexibility index (Phi) is 3.00. The molecule has 0 unspecified atom stereocenters. The van der Waals surface area contributed by atoms with Crippen molar-refractivity contribution >= 4 is 6.29 Å². The second-order valence-corrected chi connectivity index (χ2v) is 3.84. The molecule has 0 amide bonds. The maximum atomic E-state index is 13.2. The lowest BCUT2D eigenvalue weighted by Crippen LogP contribution is -1.93. The molecule has 0 atom stereocenters. The molecule has 0 bridgehead atoms. The summed E-state index contributed by atoms with van der Waals surface area (Å²) < 4.78 is 26.2. The third-order valence-corrected chi connectivity index (χ3v) is 2.58. The van der Waals surface area contributed by atoms with Gasteiger partial charge in [0.2, 0.25) is 0 Å². The lowest BCUT2D eigenvalue weighted by atomic mass is 9.99. The molecule has 1 nitrogen and oxygen atoms in total. The van der Waals surface area contributed by atoms with E-state index in [1.807, 2.05) is 19.1 Å². The van der Waals surface area contributed by atoms with Crippen LogP contribution in [0.5, 0.6) is 0 Å². The molecule has 0 N–H and O–H groups in total. The topological polar surface area (TPSA) is 17.1 Å². The number of halogens is 2. The minimum Gasteiger partial charge on any atom is -0.298 e. The summed E-state index contributed by atoms with van der Waals surface area (Å²) >= 11 is 0. The Morgan fingerprint density at radius 1 is 1.00 bits per heavy atom. The molecule has 86 valence electrons. The van der Waals surface area contributed by atoms with Crippen LogP contribution in [0.1, 0.15) is 15.9 Å². The first kappa shape index (κ1) is 11.5. The lowest BCUT2D eigenvalue weighted by molar-refractivity contribution is 0.112. The second kappa shape index (κ2) is 4.45.